The van der Waals surface area contributed by atoms with Crippen LogP contribution in [0.1, 0.15) is 41.9 Å². The Morgan fingerprint density at radius 1 is 1.20 bits per heavy atom. The smallest absolute Gasteiger partial charge is 0.239 e. The summed E-state index contributed by atoms with van der Waals surface area (Å²) in [5.41, 5.74) is 8.41. The quantitative estimate of drug-likeness (QED) is 0.702. The molecule has 132 valence electrons. The Morgan fingerprint density at radius 3 is 2.52 bits per heavy atom. The molecule has 2 atom stereocenters. The first kappa shape index (κ1) is 18.3. The van der Waals surface area contributed by atoms with Gasteiger partial charge in [0.25, 0.3) is 0 Å². The van der Waals surface area contributed by atoms with Crippen LogP contribution in [0.5, 0.6) is 0 Å². The highest BCUT2D eigenvalue weighted by atomic mass is 35.5. The third kappa shape index (κ3) is 3.56. The molecule has 0 spiro atoms. The van der Waals surface area contributed by atoms with E-state index in [9.17, 15) is 8.42 Å². The number of nitrogens with zero attached hydrogens (tertiary/aromatic N) is 1. The van der Waals surface area contributed by atoms with Crippen molar-refractivity contribution < 1.29 is 8.42 Å². The van der Waals surface area contributed by atoms with Gasteiger partial charge in [0.2, 0.25) is 10.0 Å². The second-order valence-corrected chi connectivity index (χ2v) is 8.99. The van der Waals surface area contributed by atoms with E-state index in [0.717, 1.165) is 16.1 Å². The first-order valence-corrected chi connectivity index (χ1v) is 10.4. The van der Waals surface area contributed by atoms with E-state index in [-0.39, 0.29) is 16.9 Å². The van der Waals surface area contributed by atoms with E-state index in [0.29, 0.717) is 15.2 Å². The van der Waals surface area contributed by atoms with E-state index in [4.69, 9.17) is 22.5 Å². The molecule has 2 unspecified atom stereocenters. The molecule has 0 saturated heterocycles. The first-order valence-electron chi connectivity index (χ1n) is 7.65. The number of nitrogens with two attached hydrogens (primary N) is 2. The minimum absolute atomic E-state index is 0.0367. The fraction of sp³-hybridized carbons (Fsp3) is 0.235. The normalized spacial score (nSPS) is 14.6. The summed E-state index contributed by atoms with van der Waals surface area (Å²) in [6.45, 7) is 3.84. The molecule has 0 aliphatic rings. The molecular formula is C17H18ClN3O2S2. The van der Waals surface area contributed by atoms with E-state index in [2.05, 4.69) is 4.98 Å². The van der Waals surface area contributed by atoms with Crippen LogP contribution in [0.3, 0.4) is 0 Å². The van der Waals surface area contributed by atoms with Crippen molar-refractivity contribution in [1.29, 1.82) is 0 Å². The second kappa shape index (κ2) is 6.66. The van der Waals surface area contributed by atoms with Crippen LogP contribution >= 0.6 is 22.9 Å². The lowest BCUT2D eigenvalue weighted by atomic mass is 10.0. The maximum absolute atomic E-state index is 11.9. The number of fused-ring (bicyclic) bond motifs is 1. The van der Waals surface area contributed by atoms with Crippen LogP contribution in [-0.4, -0.2) is 13.4 Å². The molecular weight excluding hydrogens is 378 g/mol. The Bertz CT molecular complexity index is 1050. The van der Waals surface area contributed by atoms with Gasteiger partial charge in [0.05, 0.1) is 10.2 Å². The zero-order valence-corrected chi connectivity index (χ0v) is 16.1. The Hall–Kier alpha value is -1.51. The maximum Gasteiger partial charge on any atom is 0.239 e. The van der Waals surface area contributed by atoms with Crippen LogP contribution in [0.25, 0.3) is 10.2 Å². The number of primary sulfonamides is 1. The molecule has 0 aliphatic heterocycles. The van der Waals surface area contributed by atoms with Gasteiger partial charge in [0.15, 0.2) is 0 Å². The fourth-order valence-corrected chi connectivity index (χ4v) is 5.09. The van der Waals surface area contributed by atoms with Crippen LogP contribution in [-0.2, 0) is 10.0 Å². The minimum Gasteiger partial charge on any atom is -0.324 e. The molecule has 8 heteroatoms. The average Bonchev–Trinajstić information content (AvgIpc) is 2.96. The summed E-state index contributed by atoms with van der Waals surface area (Å²) < 4.78 is 24.4. The highest BCUT2D eigenvalue weighted by Gasteiger charge is 2.22. The van der Waals surface area contributed by atoms with Crippen molar-refractivity contribution in [3.05, 3.63) is 57.6 Å². The Balaban J connectivity index is 2.23. The van der Waals surface area contributed by atoms with Crippen LogP contribution in [0.2, 0.25) is 5.02 Å². The van der Waals surface area contributed by atoms with Gasteiger partial charge in [0, 0.05) is 17.0 Å². The molecule has 0 fully saturated rings. The topological polar surface area (TPSA) is 99.1 Å². The number of sulfonamides is 1. The molecule has 0 aliphatic carbocycles. The molecule has 5 nitrogen and oxygen atoms in total. The SMILES string of the molecule is CC(N)c1ccc(S(N)(=O)=O)c2sc(C(C)c3cccc(Cl)c3)nc12. The van der Waals surface area contributed by atoms with E-state index in [1.807, 2.05) is 38.1 Å². The molecule has 1 heterocycles. The van der Waals surface area contributed by atoms with Crippen LogP contribution < -0.4 is 10.9 Å². The number of benzene rings is 2. The highest BCUT2D eigenvalue weighted by molar-refractivity contribution is 7.89. The Morgan fingerprint density at radius 2 is 1.92 bits per heavy atom. The van der Waals surface area contributed by atoms with Crippen LogP contribution in [0.15, 0.2) is 41.3 Å². The van der Waals surface area contributed by atoms with E-state index < -0.39 is 10.0 Å². The lowest BCUT2D eigenvalue weighted by Crippen LogP contribution is -2.13. The molecule has 1 aromatic heterocycles. The molecule has 25 heavy (non-hydrogen) atoms. The van der Waals surface area contributed by atoms with Crippen molar-refractivity contribution in [2.24, 2.45) is 10.9 Å². The first-order chi connectivity index (χ1) is 11.7. The monoisotopic (exact) mass is 395 g/mol. The van der Waals surface area contributed by atoms with Gasteiger partial charge in [-0.05, 0) is 36.2 Å². The van der Waals surface area contributed by atoms with Crippen molar-refractivity contribution in [3.63, 3.8) is 0 Å². The van der Waals surface area contributed by atoms with Gasteiger partial charge in [-0.1, -0.05) is 36.7 Å². The lowest BCUT2D eigenvalue weighted by Gasteiger charge is -2.09. The molecule has 3 aromatic rings. The molecule has 2 aromatic carbocycles. The molecule has 4 N–H and O–H groups in total. The number of aromatic nitrogens is 1. The average molecular weight is 396 g/mol. The van der Waals surface area contributed by atoms with Crippen molar-refractivity contribution in [3.8, 4) is 0 Å². The van der Waals surface area contributed by atoms with Crippen molar-refractivity contribution in [2.75, 3.05) is 0 Å². The van der Waals surface area contributed by atoms with Gasteiger partial charge >= 0.3 is 0 Å². The zero-order valence-electron chi connectivity index (χ0n) is 13.7. The molecule has 0 radical (unpaired) electrons. The van der Waals surface area contributed by atoms with Gasteiger partial charge in [-0.25, -0.2) is 18.5 Å². The van der Waals surface area contributed by atoms with E-state index >= 15 is 0 Å². The molecule has 0 amide bonds. The number of hydrogen-bond donors (Lipinski definition) is 2. The second-order valence-electron chi connectivity index (χ2n) is 5.99. The van der Waals surface area contributed by atoms with Crippen molar-refractivity contribution >= 4 is 43.2 Å². The number of hydrogen-bond acceptors (Lipinski definition) is 5. The standard InChI is InChI=1S/C17H18ClN3O2S2/c1-9(11-4-3-5-12(18)8-11)17-21-15-13(10(2)19)6-7-14(16(15)24-17)25(20,22)23/h3-10H,19H2,1-2H3,(H2,20,22,23). The van der Waals surface area contributed by atoms with Gasteiger partial charge in [-0.15, -0.1) is 11.3 Å². The predicted octanol–water partition coefficient (Wildman–Crippen LogP) is 3.77. The summed E-state index contributed by atoms with van der Waals surface area (Å²) in [5.74, 6) is -0.0367. The number of rotatable bonds is 4. The summed E-state index contributed by atoms with van der Waals surface area (Å²) in [4.78, 5) is 4.77. The van der Waals surface area contributed by atoms with Crippen LogP contribution in [0, 0.1) is 0 Å². The van der Waals surface area contributed by atoms with Gasteiger partial charge in [0.1, 0.15) is 9.90 Å². The van der Waals surface area contributed by atoms with Gasteiger partial charge < -0.3 is 5.73 Å². The summed E-state index contributed by atoms with van der Waals surface area (Å²) >= 11 is 7.40. The third-order valence-corrected chi connectivity index (χ3v) is 6.66. The molecule has 0 saturated carbocycles. The van der Waals surface area contributed by atoms with E-state index in [1.54, 1.807) is 6.07 Å². The minimum atomic E-state index is -3.85. The molecule has 3 rings (SSSR count). The largest absolute Gasteiger partial charge is 0.324 e. The van der Waals surface area contributed by atoms with Gasteiger partial charge in [-0.3, -0.25) is 0 Å². The van der Waals surface area contributed by atoms with Crippen LogP contribution in [0.4, 0.5) is 0 Å². The van der Waals surface area contributed by atoms with Crippen molar-refractivity contribution in [1.82, 2.24) is 4.98 Å². The maximum atomic E-state index is 11.9. The number of thiazole rings is 1. The number of halogens is 1. The highest BCUT2D eigenvalue weighted by Crippen LogP contribution is 2.37. The van der Waals surface area contributed by atoms with E-state index in [1.165, 1.54) is 17.4 Å². The third-order valence-electron chi connectivity index (χ3n) is 4.07. The summed E-state index contributed by atoms with van der Waals surface area (Å²) in [6.07, 6.45) is 0. The van der Waals surface area contributed by atoms with Crippen molar-refractivity contribution in [2.45, 2.75) is 30.7 Å². The zero-order chi connectivity index (χ0) is 18.4. The molecule has 0 bridgehead atoms. The fourth-order valence-electron chi connectivity index (χ4n) is 2.71. The lowest BCUT2D eigenvalue weighted by molar-refractivity contribution is 0.598. The summed E-state index contributed by atoms with van der Waals surface area (Å²) in [7, 11) is -3.85. The Labute approximate surface area is 155 Å². The van der Waals surface area contributed by atoms with Gasteiger partial charge in [-0.2, -0.15) is 0 Å². The Kier molecular flexibility index (Phi) is 4.87. The summed E-state index contributed by atoms with van der Waals surface area (Å²) in [6, 6.07) is 10.5. The predicted molar refractivity (Wildman–Crippen MR) is 103 cm³/mol. The summed E-state index contributed by atoms with van der Waals surface area (Å²) in [5, 5.41) is 6.80.